The number of hydrogen-bond donors (Lipinski definition) is 1. The summed E-state index contributed by atoms with van der Waals surface area (Å²) in [6.45, 7) is 7.69. The lowest BCUT2D eigenvalue weighted by Gasteiger charge is -2.42. The van der Waals surface area contributed by atoms with Gasteiger partial charge in [-0.1, -0.05) is 30.3 Å². The van der Waals surface area contributed by atoms with Crippen molar-refractivity contribution in [3.05, 3.63) is 65.0 Å². The van der Waals surface area contributed by atoms with Gasteiger partial charge < -0.3 is 10.2 Å². The summed E-state index contributed by atoms with van der Waals surface area (Å²) in [4.78, 5) is 14.4. The summed E-state index contributed by atoms with van der Waals surface area (Å²) in [5.74, 6) is 1.51. The molecule has 0 spiro atoms. The van der Waals surface area contributed by atoms with Crippen LogP contribution in [0.3, 0.4) is 0 Å². The summed E-state index contributed by atoms with van der Waals surface area (Å²) < 4.78 is 14.5. The molecule has 4 rings (SSSR count). The predicted octanol–water partition coefficient (Wildman–Crippen LogP) is 5.29. The fourth-order valence-electron chi connectivity index (χ4n) is 4.60. The first-order chi connectivity index (χ1) is 13.9. The smallest absolute Gasteiger partial charge is 0.254 e. The Labute approximate surface area is 173 Å². The molecule has 1 aliphatic heterocycles. The van der Waals surface area contributed by atoms with Gasteiger partial charge in [0.1, 0.15) is 5.82 Å². The minimum atomic E-state index is -0.434. The molecule has 1 amide bonds. The Morgan fingerprint density at radius 1 is 1.17 bits per heavy atom. The molecule has 2 fully saturated rings. The Morgan fingerprint density at radius 3 is 2.59 bits per heavy atom. The standard InChI is InChI=1S/C25H31FN2O/c1-16(2)27-25(29)22-11-17(3)24(13-23(22)26)28-14-18(15-28)9-10-20-12-21(20)19-7-5-4-6-8-19/h4-8,11,13,16,18,20-21H,9-10,12,14-15H2,1-3H3,(H,27,29). The molecule has 2 atom stereocenters. The number of aryl methyl sites for hydroxylation is 1. The molecule has 2 aromatic rings. The number of rotatable bonds is 7. The molecular formula is C25H31FN2O. The average molecular weight is 395 g/mol. The Balaban J connectivity index is 1.28. The van der Waals surface area contributed by atoms with Crippen LogP contribution in [-0.2, 0) is 0 Å². The van der Waals surface area contributed by atoms with E-state index in [0.29, 0.717) is 5.92 Å². The van der Waals surface area contributed by atoms with Crippen LogP contribution in [0.1, 0.15) is 60.5 Å². The lowest BCUT2D eigenvalue weighted by molar-refractivity contribution is 0.0939. The molecule has 3 nitrogen and oxygen atoms in total. The van der Waals surface area contributed by atoms with Crippen LogP contribution < -0.4 is 10.2 Å². The van der Waals surface area contributed by atoms with Crippen molar-refractivity contribution in [2.24, 2.45) is 11.8 Å². The first-order valence-electron chi connectivity index (χ1n) is 10.8. The Kier molecular flexibility index (Phi) is 5.62. The van der Waals surface area contributed by atoms with Gasteiger partial charge in [-0.05, 0) is 81.0 Å². The van der Waals surface area contributed by atoms with Crippen LogP contribution >= 0.6 is 0 Å². The zero-order chi connectivity index (χ0) is 20.5. The van der Waals surface area contributed by atoms with Crippen LogP contribution in [0.15, 0.2) is 42.5 Å². The van der Waals surface area contributed by atoms with E-state index in [1.807, 2.05) is 20.8 Å². The highest BCUT2D eigenvalue weighted by Crippen LogP contribution is 2.50. The highest BCUT2D eigenvalue weighted by molar-refractivity contribution is 5.95. The summed E-state index contributed by atoms with van der Waals surface area (Å²) in [6.07, 6.45) is 3.87. The SMILES string of the molecule is Cc1cc(C(=O)NC(C)C)c(F)cc1N1CC(CCC2CC2c2ccccc2)C1. The second kappa shape index (κ2) is 8.17. The molecule has 0 radical (unpaired) electrons. The second-order valence-corrected chi connectivity index (χ2v) is 9.11. The van der Waals surface area contributed by atoms with Crippen molar-refractivity contribution in [2.45, 2.75) is 52.0 Å². The maximum atomic E-state index is 14.5. The summed E-state index contributed by atoms with van der Waals surface area (Å²) >= 11 is 0. The van der Waals surface area contributed by atoms with Gasteiger partial charge >= 0.3 is 0 Å². The van der Waals surface area contributed by atoms with Gasteiger partial charge in [-0.3, -0.25) is 4.79 Å². The molecule has 2 aliphatic rings. The topological polar surface area (TPSA) is 32.3 Å². The number of carbonyl (C=O) groups is 1. The minimum Gasteiger partial charge on any atom is -0.371 e. The van der Waals surface area contributed by atoms with Gasteiger partial charge in [-0.2, -0.15) is 0 Å². The van der Waals surface area contributed by atoms with E-state index in [-0.39, 0.29) is 17.5 Å². The van der Waals surface area contributed by atoms with Gasteiger partial charge in [0.2, 0.25) is 0 Å². The van der Waals surface area contributed by atoms with E-state index in [1.165, 1.54) is 30.9 Å². The van der Waals surface area contributed by atoms with E-state index < -0.39 is 5.82 Å². The van der Waals surface area contributed by atoms with Crippen molar-refractivity contribution < 1.29 is 9.18 Å². The van der Waals surface area contributed by atoms with E-state index in [4.69, 9.17) is 0 Å². The van der Waals surface area contributed by atoms with Gasteiger partial charge in [0.15, 0.2) is 0 Å². The van der Waals surface area contributed by atoms with Crippen molar-refractivity contribution in [3.8, 4) is 0 Å². The third-order valence-corrected chi connectivity index (χ3v) is 6.34. The van der Waals surface area contributed by atoms with E-state index in [9.17, 15) is 9.18 Å². The van der Waals surface area contributed by atoms with Gasteiger partial charge in [-0.25, -0.2) is 4.39 Å². The van der Waals surface area contributed by atoms with Gasteiger partial charge in [0.05, 0.1) is 5.56 Å². The molecule has 2 unspecified atom stereocenters. The quantitative estimate of drug-likeness (QED) is 0.692. The van der Waals surface area contributed by atoms with Gasteiger partial charge in [0, 0.05) is 24.8 Å². The number of nitrogens with one attached hydrogen (secondary N) is 1. The van der Waals surface area contributed by atoms with Crippen LogP contribution in [0.5, 0.6) is 0 Å². The fraction of sp³-hybridized carbons (Fsp3) is 0.480. The van der Waals surface area contributed by atoms with Crippen LogP contribution in [-0.4, -0.2) is 25.0 Å². The predicted molar refractivity (Wildman–Crippen MR) is 116 cm³/mol. The molecule has 1 heterocycles. The Morgan fingerprint density at radius 2 is 1.90 bits per heavy atom. The zero-order valence-electron chi connectivity index (χ0n) is 17.6. The lowest BCUT2D eigenvalue weighted by atomic mass is 9.91. The van der Waals surface area contributed by atoms with E-state index in [1.54, 1.807) is 6.07 Å². The number of benzene rings is 2. The van der Waals surface area contributed by atoms with Crippen molar-refractivity contribution in [1.82, 2.24) is 5.32 Å². The van der Waals surface area contributed by atoms with Crippen molar-refractivity contribution >= 4 is 11.6 Å². The summed E-state index contributed by atoms with van der Waals surface area (Å²) in [5.41, 5.74) is 3.51. The zero-order valence-corrected chi connectivity index (χ0v) is 17.6. The maximum absolute atomic E-state index is 14.5. The van der Waals surface area contributed by atoms with Gasteiger partial charge in [0.25, 0.3) is 5.91 Å². The minimum absolute atomic E-state index is 0.00835. The molecule has 0 aromatic heterocycles. The number of halogens is 1. The largest absolute Gasteiger partial charge is 0.371 e. The fourth-order valence-corrected chi connectivity index (χ4v) is 4.60. The number of hydrogen-bond acceptors (Lipinski definition) is 2. The van der Waals surface area contributed by atoms with E-state index >= 15 is 0 Å². The van der Waals surface area contributed by atoms with Crippen molar-refractivity contribution in [2.75, 3.05) is 18.0 Å². The van der Waals surface area contributed by atoms with Gasteiger partial charge in [-0.15, -0.1) is 0 Å². The van der Waals surface area contributed by atoms with Crippen molar-refractivity contribution in [1.29, 1.82) is 0 Å². The summed E-state index contributed by atoms with van der Waals surface area (Å²) in [7, 11) is 0. The molecule has 154 valence electrons. The molecule has 2 aromatic carbocycles. The molecule has 1 N–H and O–H groups in total. The molecule has 1 saturated carbocycles. The molecule has 1 saturated heterocycles. The Hall–Kier alpha value is -2.36. The highest BCUT2D eigenvalue weighted by Gasteiger charge is 2.39. The lowest BCUT2D eigenvalue weighted by Crippen LogP contribution is -2.47. The van der Waals surface area contributed by atoms with Crippen LogP contribution in [0, 0.1) is 24.6 Å². The molecule has 4 heteroatoms. The third-order valence-electron chi connectivity index (χ3n) is 6.34. The van der Waals surface area contributed by atoms with Crippen LogP contribution in [0.4, 0.5) is 10.1 Å². The second-order valence-electron chi connectivity index (χ2n) is 9.11. The summed E-state index contributed by atoms with van der Waals surface area (Å²) in [5, 5.41) is 2.77. The summed E-state index contributed by atoms with van der Waals surface area (Å²) in [6, 6.07) is 14.1. The third kappa shape index (κ3) is 4.47. The molecule has 1 aliphatic carbocycles. The van der Waals surface area contributed by atoms with Crippen LogP contribution in [0.25, 0.3) is 0 Å². The molecule has 0 bridgehead atoms. The normalized spacial score (nSPS) is 21.2. The number of amides is 1. The van der Waals surface area contributed by atoms with Crippen molar-refractivity contribution in [3.63, 3.8) is 0 Å². The average Bonchev–Trinajstić information content (AvgIpc) is 3.42. The number of nitrogens with zero attached hydrogens (tertiary/aromatic N) is 1. The first kappa shape index (κ1) is 19.9. The highest BCUT2D eigenvalue weighted by atomic mass is 19.1. The monoisotopic (exact) mass is 394 g/mol. The number of anilines is 1. The van der Waals surface area contributed by atoms with Crippen LogP contribution in [0.2, 0.25) is 0 Å². The molecule has 29 heavy (non-hydrogen) atoms. The van der Waals surface area contributed by atoms with E-state index in [0.717, 1.165) is 36.2 Å². The van der Waals surface area contributed by atoms with E-state index in [2.05, 4.69) is 40.5 Å². The first-order valence-corrected chi connectivity index (χ1v) is 10.8. The maximum Gasteiger partial charge on any atom is 0.254 e. The molecular weight excluding hydrogens is 363 g/mol. The number of carbonyl (C=O) groups excluding carboxylic acids is 1. The Bertz CT molecular complexity index is 874.